The van der Waals surface area contributed by atoms with Gasteiger partial charge in [-0.1, -0.05) is 0 Å². The fourth-order valence-corrected chi connectivity index (χ4v) is 5.34. The van der Waals surface area contributed by atoms with Gasteiger partial charge in [0.25, 0.3) is 0 Å². The van der Waals surface area contributed by atoms with Gasteiger partial charge in [-0.2, -0.15) is 0 Å². The quantitative estimate of drug-likeness (QED) is 0.616. The van der Waals surface area contributed by atoms with Crippen molar-refractivity contribution in [2.75, 3.05) is 45.3 Å². The lowest BCUT2D eigenvalue weighted by atomic mass is 9.86. The molecule has 1 aromatic carbocycles. The van der Waals surface area contributed by atoms with E-state index in [4.69, 9.17) is 14.2 Å². The number of nitrogens with zero attached hydrogens (tertiary/aromatic N) is 4. The molecule has 36 heavy (non-hydrogen) atoms. The van der Waals surface area contributed by atoms with Crippen LogP contribution in [0, 0.1) is 5.92 Å². The largest absolute Gasteiger partial charge is 0.490 e. The monoisotopic (exact) mass is 494 g/mol. The van der Waals surface area contributed by atoms with Crippen molar-refractivity contribution >= 4 is 23.5 Å². The van der Waals surface area contributed by atoms with Gasteiger partial charge in [-0.3, -0.25) is 9.79 Å². The maximum Gasteiger partial charge on any atom is 0.225 e. The Morgan fingerprint density at radius 1 is 1.19 bits per heavy atom. The first-order valence-corrected chi connectivity index (χ1v) is 12.7. The zero-order chi connectivity index (χ0) is 25.1. The average Bonchev–Trinajstić information content (AvgIpc) is 3.37. The van der Waals surface area contributed by atoms with Crippen LogP contribution < -0.4 is 19.1 Å². The van der Waals surface area contributed by atoms with E-state index in [-0.39, 0.29) is 24.0 Å². The molecule has 192 valence electrons. The topological polar surface area (TPSA) is 96.7 Å². The fourth-order valence-electron chi connectivity index (χ4n) is 5.34. The molecule has 0 radical (unpaired) electrons. The van der Waals surface area contributed by atoms with Crippen molar-refractivity contribution in [2.24, 2.45) is 10.9 Å². The molecule has 3 heterocycles. The van der Waals surface area contributed by atoms with Gasteiger partial charge in [0.1, 0.15) is 24.2 Å². The summed E-state index contributed by atoms with van der Waals surface area (Å²) in [5.41, 5.74) is 2.64. The van der Waals surface area contributed by atoms with Gasteiger partial charge in [0.2, 0.25) is 11.8 Å². The third kappa shape index (κ3) is 5.11. The third-order valence-electron chi connectivity index (χ3n) is 7.24. The maximum absolute atomic E-state index is 13.0. The fraction of sp³-hybridized carbons (Fsp3) is 0.519. The molecule has 2 fully saturated rings. The lowest BCUT2D eigenvalue weighted by molar-refractivity contribution is -0.136. The third-order valence-corrected chi connectivity index (χ3v) is 7.24. The molecule has 5 rings (SSSR count). The van der Waals surface area contributed by atoms with E-state index in [1.54, 1.807) is 26.6 Å². The number of aliphatic hydroxyl groups is 1. The molecule has 1 aromatic heterocycles. The molecule has 9 nitrogen and oxygen atoms in total. The van der Waals surface area contributed by atoms with Gasteiger partial charge in [0.05, 0.1) is 49.4 Å². The Hall–Kier alpha value is -3.33. The summed E-state index contributed by atoms with van der Waals surface area (Å²) in [6, 6.07) is 7.87. The normalized spacial score (nSPS) is 23.9. The molecule has 2 aromatic rings. The first-order valence-electron chi connectivity index (χ1n) is 12.7. The Kier molecular flexibility index (Phi) is 7.27. The number of methoxy groups -OCH3 is 1. The number of amides is 1. The van der Waals surface area contributed by atoms with Gasteiger partial charge < -0.3 is 29.1 Å². The van der Waals surface area contributed by atoms with Crippen molar-refractivity contribution < 1.29 is 24.1 Å². The smallest absolute Gasteiger partial charge is 0.225 e. The number of hydrogen-bond acceptors (Lipinski definition) is 8. The van der Waals surface area contributed by atoms with Gasteiger partial charge in [-0.15, -0.1) is 0 Å². The second kappa shape index (κ2) is 10.7. The van der Waals surface area contributed by atoms with Crippen molar-refractivity contribution in [3.05, 3.63) is 36.0 Å². The van der Waals surface area contributed by atoms with Crippen LogP contribution in [0.15, 0.2) is 35.5 Å². The van der Waals surface area contributed by atoms with E-state index in [0.717, 1.165) is 47.7 Å². The van der Waals surface area contributed by atoms with E-state index in [1.165, 1.54) is 0 Å². The SMILES string of the molecule is CN=Cc1cc(N2CCOc3ccc(O[C@H]4CCN(C(=O)C5CCC(O)CC5)C4)cc32)cnc1OC. The van der Waals surface area contributed by atoms with Crippen molar-refractivity contribution in [2.45, 2.75) is 44.3 Å². The van der Waals surface area contributed by atoms with Gasteiger partial charge in [0, 0.05) is 38.2 Å². The zero-order valence-corrected chi connectivity index (χ0v) is 20.9. The number of likely N-dealkylation sites (tertiary alicyclic amines) is 1. The molecule has 9 heteroatoms. The Morgan fingerprint density at radius 2 is 2.03 bits per heavy atom. The number of aliphatic hydroxyl groups excluding tert-OH is 1. The molecule has 1 N–H and O–H groups in total. The second-order valence-electron chi connectivity index (χ2n) is 9.63. The molecule has 1 amide bonds. The zero-order valence-electron chi connectivity index (χ0n) is 20.9. The predicted molar refractivity (Wildman–Crippen MR) is 137 cm³/mol. The minimum absolute atomic E-state index is 0.0300. The number of rotatable bonds is 6. The highest BCUT2D eigenvalue weighted by atomic mass is 16.5. The number of carbonyl (C=O) groups excluding carboxylic acids is 1. The number of aliphatic imine (C=N–C) groups is 1. The summed E-state index contributed by atoms with van der Waals surface area (Å²) in [6.45, 7) is 2.54. The molecule has 2 aliphatic heterocycles. The van der Waals surface area contributed by atoms with E-state index < -0.39 is 0 Å². The molecule has 0 spiro atoms. The number of fused-ring (bicyclic) bond motifs is 1. The minimum atomic E-state index is -0.253. The number of aromatic nitrogens is 1. The standard InChI is InChI=1S/C27H34N4O5/c1-28-15-19-13-20(16-29-26(19)34-2)31-11-12-35-25-8-7-22(14-24(25)31)36-23-9-10-30(17-23)27(33)18-3-5-21(32)6-4-18/h7-8,13-16,18,21,23,32H,3-6,9-12,17H2,1-2H3/t18?,21?,23-/m0/s1. The number of benzene rings is 1. The molecular weight excluding hydrogens is 460 g/mol. The molecule has 1 atom stereocenters. The molecular formula is C27H34N4O5. The molecule has 1 saturated heterocycles. The number of anilines is 2. The van der Waals surface area contributed by atoms with Crippen LogP contribution in [0.3, 0.4) is 0 Å². The van der Waals surface area contributed by atoms with Crippen molar-refractivity contribution in [3.63, 3.8) is 0 Å². The predicted octanol–water partition coefficient (Wildman–Crippen LogP) is 3.20. The van der Waals surface area contributed by atoms with Gasteiger partial charge in [0.15, 0.2) is 0 Å². The van der Waals surface area contributed by atoms with Crippen LogP contribution in [0.25, 0.3) is 0 Å². The number of carbonyl (C=O) groups is 1. The molecule has 3 aliphatic rings. The number of hydrogen-bond donors (Lipinski definition) is 1. The minimum Gasteiger partial charge on any atom is -0.490 e. The molecule has 1 aliphatic carbocycles. The average molecular weight is 495 g/mol. The maximum atomic E-state index is 13.0. The molecule has 1 saturated carbocycles. The van der Waals surface area contributed by atoms with Crippen molar-refractivity contribution in [1.29, 1.82) is 0 Å². The van der Waals surface area contributed by atoms with E-state index in [2.05, 4.69) is 14.9 Å². The molecule has 0 bridgehead atoms. The highest BCUT2D eigenvalue weighted by molar-refractivity contribution is 5.85. The summed E-state index contributed by atoms with van der Waals surface area (Å²) in [6.07, 6.45) is 7.01. The van der Waals surface area contributed by atoms with Crippen LogP contribution in [-0.2, 0) is 4.79 Å². The van der Waals surface area contributed by atoms with E-state index >= 15 is 0 Å². The summed E-state index contributed by atoms with van der Waals surface area (Å²) in [5.74, 6) is 2.30. The number of pyridine rings is 1. The summed E-state index contributed by atoms with van der Waals surface area (Å²) >= 11 is 0. The van der Waals surface area contributed by atoms with Gasteiger partial charge >= 0.3 is 0 Å². The first kappa shape index (κ1) is 24.4. The van der Waals surface area contributed by atoms with Crippen molar-refractivity contribution in [3.8, 4) is 17.4 Å². The van der Waals surface area contributed by atoms with Crippen LogP contribution in [0.1, 0.15) is 37.7 Å². The van der Waals surface area contributed by atoms with Crippen LogP contribution in [-0.4, -0.2) is 79.7 Å². The second-order valence-corrected chi connectivity index (χ2v) is 9.63. The summed E-state index contributed by atoms with van der Waals surface area (Å²) < 4.78 is 17.6. The van der Waals surface area contributed by atoms with Gasteiger partial charge in [-0.25, -0.2) is 4.98 Å². The summed E-state index contributed by atoms with van der Waals surface area (Å²) in [7, 11) is 3.32. The lowest BCUT2D eigenvalue weighted by Crippen LogP contribution is -2.37. The van der Waals surface area contributed by atoms with Crippen LogP contribution in [0.5, 0.6) is 17.4 Å². The summed E-state index contributed by atoms with van der Waals surface area (Å²) in [5, 5.41) is 9.74. The first-order chi connectivity index (χ1) is 17.6. The Morgan fingerprint density at radius 3 is 2.81 bits per heavy atom. The highest BCUT2D eigenvalue weighted by Gasteiger charge is 2.34. The van der Waals surface area contributed by atoms with Crippen molar-refractivity contribution in [1.82, 2.24) is 9.88 Å². The Balaban J connectivity index is 1.29. The number of ether oxygens (including phenoxy) is 3. The molecule has 0 unspecified atom stereocenters. The lowest BCUT2D eigenvalue weighted by Gasteiger charge is -2.32. The van der Waals surface area contributed by atoms with Gasteiger partial charge in [-0.05, 0) is 43.9 Å². The highest BCUT2D eigenvalue weighted by Crippen LogP contribution is 2.40. The van der Waals surface area contributed by atoms with Crippen LogP contribution >= 0.6 is 0 Å². The Bertz CT molecular complexity index is 1120. The van der Waals surface area contributed by atoms with E-state index in [0.29, 0.717) is 45.0 Å². The van der Waals surface area contributed by atoms with E-state index in [9.17, 15) is 9.90 Å². The summed E-state index contributed by atoms with van der Waals surface area (Å²) in [4.78, 5) is 25.6. The Labute approximate surface area is 211 Å². The van der Waals surface area contributed by atoms with Crippen LogP contribution in [0.2, 0.25) is 0 Å². The van der Waals surface area contributed by atoms with E-state index in [1.807, 2.05) is 29.2 Å². The van der Waals surface area contributed by atoms with Crippen LogP contribution in [0.4, 0.5) is 11.4 Å².